The predicted molar refractivity (Wildman–Crippen MR) is 37.2 cm³/mol. The maximum atomic E-state index is 11.9. The van der Waals surface area contributed by atoms with Crippen molar-refractivity contribution in [1.29, 1.82) is 0 Å². The first-order valence-corrected chi connectivity index (χ1v) is 3.23. The molecule has 0 saturated carbocycles. The minimum absolute atomic E-state index is 0.0139. The number of halogens is 1. The van der Waals surface area contributed by atoms with E-state index in [0.717, 1.165) is 7.11 Å². The summed E-state index contributed by atoms with van der Waals surface area (Å²) in [5.74, 6) is 0. The van der Waals surface area contributed by atoms with Crippen LogP contribution in [-0.2, 0) is 4.74 Å². The number of ether oxygens (including phenoxy) is 1. The van der Waals surface area contributed by atoms with Gasteiger partial charge in [-0.1, -0.05) is 18.3 Å². The minimum Gasteiger partial charge on any atom is -0.451 e. The number of hydrogen-bond acceptors (Lipinski definition) is 2. The minimum atomic E-state index is -0.951. The van der Waals surface area contributed by atoms with Crippen molar-refractivity contribution in [3.8, 4) is 0 Å². The van der Waals surface area contributed by atoms with Gasteiger partial charge in [0.05, 0.1) is 13.7 Å². The van der Waals surface area contributed by atoms with Crippen LogP contribution >= 0.6 is 0 Å². The summed E-state index contributed by atoms with van der Waals surface area (Å²) in [7, 11) is 1.13. The van der Waals surface area contributed by atoms with Crippen molar-refractivity contribution in [2.24, 2.45) is 0 Å². The van der Waals surface area contributed by atoms with Crippen LogP contribution < -0.4 is 0 Å². The van der Waals surface area contributed by atoms with Gasteiger partial charge in [-0.3, -0.25) is 0 Å². The molecule has 0 bridgehead atoms. The van der Waals surface area contributed by atoms with E-state index in [1.165, 1.54) is 6.92 Å². The van der Waals surface area contributed by atoms with E-state index in [9.17, 15) is 9.28 Å². The largest absolute Gasteiger partial charge is 0.451 e. The Bertz CT molecular complexity index is 87.8. The van der Waals surface area contributed by atoms with Crippen LogP contribution in [0.5, 0.6) is 0 Å². The van der Waals surface area contributed by atoms with Gasteiger partial charge >= 0.3 is 6.09 Å². The van der Waals surface area contributed by atoms with E-state index in [4.69, 9.17) is 0 Å². The molecular formula is C6H14FNO2. The standard InChI is InChI=1S/C4H8FNO2.C2H6/c1-3-6(5)4(7)8-2;1-2/h3H2,1-2H3;1-2H3. The van der Waals surface area contributed by atoms with Gasteiger partial charge in [-0.15, -0.1) is 5.12 Å². The highest BCUT2D eigenvalue weighted by Gasteiger charge is 2.07. The van der Waals surface area contributed by atoms with Crippen LogP contribution in [0, 0.1) is 0 Å². The van der Waals surface area contributed by atoms with Crippen LogP contribution in [-0.4, -0.2) is 24.9 Å². The Hall–Kier alpha value is -0.800. The van der Waals surface area contributed by atoms with Gasteiger partial charge in [0.2, 0.25) is 0 Å². The van der Waals surface area contributed by atoms with Crippen LogP contribution in [0.4, 0.5) is 9.28 Å². The van der Waals surface area contributed by atoms with E-state index < -0.39 is 6.09 Å². The maximum absolute atomic E-state index is 11.9. The summed E-state index contributed by atoms with van der Waals surface area (Å²) >= 11 is 0. The van der Waals surface area contributed by atoms with Crippen LogP contribution in [0.1, 0.15) is 20.8 Å². The molecule has 0 spiro atoms. The molecule has 0 aromatic heterocycles. The first-order chi connectivity index (χ1) is 4.72. The van der Waals surface area contributed by atoms with Crippen molar-refractivity contribution in [3.05, 3.63) is 0 Å². The highest BCUT2D eigenvalue weighted by Crippen LogP contribution is 1.90. The second-order valence-corrected chi connectivity index (χ2v) is 1.15. The zero-order chi connectivity index (χ0) is 8.57. The third-order valence-electron chi connectivity index (χ3n) is 0.650. The Morgan fingerprint density at radius 3 is 2.10 bits per heavy atom. The average molecular weight is 151 g/mol. The fourth-order valence-electron chi connectivity index (χ4n) is 0.228. The Morgan fingerprint density at radius 1 is 1.60 bits per heavy atom. The number of methoxy groups -OCH3 is 1. The quantitative estimate of drug-likeness (QED) is 0.536. The van der Waals surface area contributed by atoms with Crippen molar-refractivity contribution in [3.63, 3.8) is 0 Å². The summed E-state index contributed by atoms with van der Waals surface area (Å²) in [6, 6.07) is 0. The van der Waals surface area contributed by atoms with Gasteiger partial charge < -0.3 is 4.74 Å². The molecule has 0 aromatic rings. The second-order valence-electron chi connectivity index (χ2n) is 1.15. The highest BCUT2D eigenvalue weighted by atomic mass is 19.2. The van der Waals surface area contributed by atoms with Gasteiger partial charge in [0.15, 0.2) is 0 Å². The number of carbonyl (C=O) groups excluding carboxylic acids is 1. The Kier molecular flexibility index (Phi) is 9.79. The van der Waals surface area contributed by atoms with E-state index in [2.05, 4.69) is 4.74 Å². The lowest BCUT2D eigenvalue weighted by Gasteiger charge is -2.04. The van der Waals surface area contributed by atoms with Gasteiger partial charge in [0.25, 0.3) is 0 Å². The van der Waals surface area contributed by atoms with Gasteiger partial charge in [-0.25, -0.2) is 4.79 Å². The molecule has 3 nitrogen and oxygen atoms in total. The molecule has 10 heavy (non-hydrogen) atoms. The van der Waals surface area contributed by atoms with Crippen LogP contribution in [0.25, 0.3) is 0 Å². The molecule has 0 radical (unpaired) electrons. The summed E-state index contributed by atoms with van der Waals surface area (Å²) in [6.45, 7) is 5.53. The van der Waals surface area contributed by atoms with Gasteiger partial charge in [0, 0.05) is 0 Å². The van der Waals surface area contributed by atoms with Gasteiger partial charge in [0.1, 0.15) is 0 Å². The van der Waals surface area contributed by atoms with E-state index in [1.807, 2.05) is 13.8 Å². The molecule has 0 heterocycles. The zero-order valence-electron chi connectivity index (χ0n) is 6.85. The average Bonchev–Trinajstić information content (AvgIpc) is 2.05. The molecule has 0 aliphatic rings. The molecule has 0 aliphatic carbocycles. The summed E-state index contributed by atoms with van der Waals surface area (Å²) in [6.07, 6.45) is -0.951. The van der Waals surface area contributed by atoms with Crippen LogP contribution in [0.15, 0.2) is 0 Å². The lowest BCUT2D eigenvalue weighted by atomic mass is 10.7. The van der Waals surface area contributed by atoms with Crippen molar-refractivity contribution >= 4 is 6.09 Å². The molecule has 1 amide bonds. The molecule has 4 heteroatoms. The third kappa shape index (κ3) is 5.34. The lowest BCUT2D eigenvalue weighted by molar-refractivity contribution is 0.0253. The molecule has 0 saturated heterocycles. The Balaban J connectivity index is 0. The van der Waals surface area contributed by atoms with Crippen molar-refractivity contribution < 1.29 is 14.0 Å². The molecule has 0 fully saturated rings. The SMILES string of the molecule is CC.CCN(F)C(=O)OC. The van der Waals surface area contributed by atoms with Crippen molar-refractivity contribution in [1.82, 2.24) is 5.12 Å². The van der Waals surface area contributed by atoms with Crippen LogP contribution in [0.2, 0.25) is 0 Å². The molecular weight excluding hydrogens is 137 g/mol. The lowest BCUT2D eigenvalue weighted by Crippen LogP contribution is -2.21. The monoisotopic (exact) mass is 151 g/mol. The van der Waals surface area contributed by atoms with E-state index >= 15 is 0 Å². The molecule has 62 valence electrons. The van der Waals surface area contributed by atoms with E-state index in [1.54, 1.807) is 0 Å². The maximum Gasteiger partial charge on any atom is 0.437 e. The smallest absolute Gasteiger partial charge is 0.437 e. The van der Waals surface area contributed by atoms with Crippen molar-refractivity contribution in [2.45, 2.75) is 20.8 Å². The summed E-state index contributed by atoms with van der Waals surface area (Å²) in [5.41, 5.74) is 0. The summed E-state index contributed by atoms with van der Waals surface area (Å²) in [4.78, 5) is 10.1. The Morgan fingerprint density at radius 2 is 2.00 bits per heavy atom. The number of amides is 1. The third-order valence-corrected chi connectivity index (χ3v) is 0.650. The molecule has 0 rings (SSSR count). The van der Waals surface area contributed by atoms with Gasteiger partial charge in [-0.05, 0) is 6.92 Å². The molecule has 0 unspecified atom stereocenters. The summed E-state index contributed by atoms with van der Waals surface area (Å²) in [5, 5.41) is -0.0139. The van der Waals surface area contributed by atoms with Crippen molar-refractivity contribution in [2.75, 3.05) is 13.7 Å². The normalized spacial score (nSPS) is 7.30. The fraction of sp³-hybridized carbons (Fsp3) is 0.833. The zero-order valence-corrected chi connectivity index (χ0v) is 6.85. The topological polar surface area (TPSA) is 29.5 Å². The first kappa shape index (κ1) is 11.9. The van der Waals surface area contributed by atoms with E-state index in [-0.39, 0.29) is 11.7 Å². The predicted octanol–water partition coefficient (Wildman–Crippen LogP) is 1.99. The fourth-order valence-corrected chi connectivity index (χ4v) is 0.228. The summed E-state index contributed by atoms with van der Waals surface area (Å²) < 4.78 is 15.9. The van der Waals surface area contributed by atoms with Crippen LogP contribution in [0.3, 0.4) is 0 Å². The molecule has 0 N–H and O–H groups in total. The van der Waals surface area contributed by atoms with E-state index in [0.29, 0.717) is 0 Å². The highest BCUT2D eigenvalue weighted by molar-refractivity contribution is 5.65. The Labute approximate surface area is 60.7 Å². The number of rotatable bonds is 1. The number of nitrogens with zero attached hydrogens (tertiary/aromatic N) is 1. The molecule has 0 aliphatic heterocycles. The molecule has 0 aromatic carbocycles. The number of hydrogen-bond donors (Lipinski definition) is 0. The first-order valence-electron chi connectivity index (χ1n) is 3.23. The second kappa shape index (κ2) is 8.20. The number of carbonyl (C=O) groups is 1. The molecule has 0 atom stereocenters. The van der Waals surface area contributed by atoms with Gasteiger partial charge in [-0.2, -0.15) is 0 Å².